The predicted octanol–water partition coefficient (Wildman–Crippen LogP) is 0.501. The molecule has 1 rings (SSSR count). The SMILES string of the molecule is O=S(=O)(N=S)c1ccccn1. The van der Waals surface area contributed by atoms with Crippen molar-refractivity contribution in [2.45, 2.75) is 5.03 Å². The van der Waals surface area contributed by atoms with Crippen LogP contribution >= 0.6 is 0 Å². The fourth-order valence-electron chi connectivity index (χ4n) is 0.538. The summed E-state index contributed by atoms with van der Waals surface area (Å²) < 4.78 is 24.5. The van der Waals surface area contributed by atoms with E-state index in [1.165, 1.54) is 12.3 Å². The van der Waals surface area contributed by atoms with E-state index in [0.29, 0.717) is 0 Å². The second-order valence-corrected chi connectivity index (χ2v) is 3.68. The molecule has 1 aromatic heterocycles. The molecule has 6 heteroatoms. The lowest BCUT2D eigenvalue weighted by atomic mass is 10.5. The molecule has 0 aliphatic rings. The molecule has 0 saturated heterocycles. The number of rotatable bonds is 2. The minimum Gasteiger partial charge on any atom is -0.243 e. The number of nitrogens with zero attached hydrogens (tertiary/aromatic N) is 2. The Balaban J connectivity index is 3.24. The van der Waals surface area contributed by atoms with Gasteiger partial charge in [-0.1, -0.05) is 9.83 Å². The molecule has 11 heavy (non-hydrogen) atoms. The van der Waals surface area contributed by atoms with Gasteiger partial charge in [0.2, 0.25) is 0 Å². The minimum atomic E-state index is -3.67. The molecule has 0 aromatic carbocycles. The van der Waals surface area contributed by atoms with Gasteiger partial charge in [-0.05, 0) is 12.1 Å². The van der Waals surface area contributed by atoms with Crippen LogP contribution in [0.5, 0.6) is 0 Å². The van der Waals surface area contributed by atoms with Crippen LogP contribution in [0.1, 0.15) is 0 Å². The van der Waals surface area contributed by atoms with Gasteiger partial charge in [0.25, 0.3) is 0 Å². The molecule has 0 aliphatic heterocycles. The predicted molar refractivity (Wildman–Crippen MR) is 41.2 cm³/mol. The zero-order valence-corrected chi connectivity index (χ0v) is 6.97. The Kier molecular flexibility index (Phi) is 2.25. The average Bonchev–Trinajstić information content (AvgIpc) is 2.06. The second-order valence-electron chi connectivity index (χ2n) is 1.72. The molecule has 1 heterocycles. The van der Waals surface area contributed by atoms with Crippen molar-refractivity contribution in [2.24, 2.45) is 3.77 Å². The van der Waals surface area contributed by atoms with Gasteiger partial charge in [0.05, 0.1) is 12.4 Å². The maximum atomic E-state index is 10.9. The summed E-state index contributed by atoms with van der Waals surface area (Å²) in [5.41, 5.74) is 0. The molecule has 4 nitrogen and oxygen atoms in total. The highest BCUT2D eigenvalue weighted by atomic mass is 32.2. The Hall–Kier alpha value is -0.880. The molecular weight excluding hydrogens is 184 g/mol. The van der Waals surface area contributed by atoms with Crippen molar-refractivity contribution in [1.82, 2.24) is 4.98 Å². The first-order chi connectivity index (χ1) is 5.17. The standard InChI is InChI=1S/C5H4N2O2S2/c8-11(9,7-10)5-3-1-2-4-6-5/h1-4H. The summed E-state index contributed by atoms with van der Waals surface area (Å²) in [6.07, 6.45) is 1.37. The highest BCUT2D eigenvalue weighted by Gasteiger charge is 2.11. The van der Waals surface area contributed by atoms with Crippen LogP contribution in [0.3, 0.4) is 0 Å². The van der Waals surface area contributed by atoms with Crippen LogP contribution < -0.4 is 0 Å². The van der Waals surface area contributed by atoms with Gasteiger partial charge in [-0.15, -0.1) is 0 Å². The minimum absolute atomic E-state index is 0.116. The van der Waals surface area contributed by atoms with Crippen molar-refractivity contribution in [3.05, 3.63) is 24.4 Å². The molecule has 0 bridgehead atoms. The first kappa shape index (κ1) is 8.22. The van der Waals surface area contributed by atoms with Crippen LogP contribution in [0.15, 0.2) is 33.2 Å². The van der Waals surface area contributed by atoms with Crippen LogP contribution in [0.25, 0.3) is 0 Å². The normalized spacial score (nSPS) is 10.9. The van der Waals surface area contributed by atoms with Crippen molar-refractivity contribution < 1.29 is 8.42 Å². The highest BCUT2D eigenvalue weighted by molar-refractivity contribution is 7.92. The van der Waals surface area contributed by atoms with Crippen LogP contribution in [0, 0.1) is 0 Å². The third-order valence-electron chi connectivity index (χ3n) is 1.00. The number of hydrogen-bond donors (Lipinski definition) is 0. The molecular formula is C5H4N2O2S2. The Labute approximate surface area is 69.5 Å². The third kappa shape index (κ3) is 1.78. The third-order valence-corrected chi connectivity index (χ3v) is 2.56. The molecule has 0 amide bonds. The van der Waals surface area contributed by atoms with Gasteiger partial charge in [0.1, 0.15) is 0 Å². The summed E-state index contributed by atoms with van der Waals surface area (Å²) in [6.45, 7) is 0. The quantitative estimate of drug-likeness (QED) is 0.678. The molecule has 0 spiro atoms. The Morgan fingerprint density at radius 3 is 2.64 bits per heavy atom. The van der Waals surface area contributed by atoms with Gasteiger partial charge < -0.3 is 0 Å². The van der Waals surface area contributed by atoms with Crippen molar-refractivity contribution in [2.75, 3.05) is 0 Å². The maximum Gasteiger partial charge on any atom is 0.310 e. The maximum absolute atomic E-state index is 10.9. The summed E-state index contributed by atoms with van der Waals surface area (Å²) >= 11 is 4.07. The topological polar surface area (TPSA) is 59.4 Å². The average molecular weight is 188 g/mol. The number of sulfonamides is 1. The van der Waals surface area contributed by atoms with E-state index in [2.05, 4.69) is 21.2 Å². The van der Waals surface area contributed by atoms with Crippen LogP contribution in [0.2, 0.25) is 0 Å². The Morgan fingerprint density at radius 2 is 2.18 bits per heavy atom. The number of pyridine rings is 1. The van der Waals surface area contributed by atoms with Gasteiger partial charge in [0.15, 0.2) is 5.03 Å². The largest absolute Gasteiger partial charge is 0.310 e. The molecule has 58 valence electrons. The van der Waals surface area contributed by atoms with Crippen molar-refractivity contribution in [3.8, 4) is 0 Å². The Bertz CT molecular complexity index is 346. The van der Waals surface area contributed by atoms with E-state index in [1.807, 2.05) is 0 Å². The molecule has 0 fully saturated rings. The lowest BCUT2D eigenvalue weighted by Crippen LogP contribution is -1.97. The lowest BCUT2D eigenvalue weighted by Gasteiger charge is -1.91. The number of hydrogen-bond acceptors (Lipinski definition) is 4. The Morgan fingerprint density at radius 1 is 1.45 bits per heavy atom. The van der Waals surface area contributed by atoms with Gasteiger partial charge in [-0.25, -0.2) is 4.98 Å². The van der Waals surface area contributed by atoms with Crippen LogP contribution in [0.4, 0.5) is 0 Å². The summed E-state index contributed by atoms with van der Waals surface area (Å²) in [6, 6.07) is 4.51. The van der Waals surface area contributed by atoms with E-state index in [4.69, 9.17) is 0 Å². The molecule has 0 radical (unpaired) electrons. The molecule has 1 aromatic rings. The lowest BCUT2D eigenvalue weighted by molar-refractivity contribution is 0.595. The summed E-state index contributed by atoms with van der Waals surface area (Å²) in [5, 5.41) is -0.116. The zero-order chi connectivity index (χ0) is 8.32. The smallest absolute Gasteiger partial charge is 0.243 e. The van der Waals surface area contributed by atoms with Crippen LogP contribution in [-0.2, 0) is 22.4 Å². The summed E-state index contributed by atoms with van der Waals surface area (Å²) in [5.74, 6) is 0. The van der Waals surface area contributed by atoms with Gasteiger partial charge in [0, 0.05) is 6.20 Å². The molecule has 0 N–H and O–H groups in total. The molecule has 0 unspecified atom stereocenters. The van der Waals surface area contributed by atoms with Crippen molar-refractivity contribution in [1.29, 1.82) is 0 Å². The molecule has 0 atom stereocenters. The first-order valence-corrected chi connectivity index (χ1v) is 4.48. The van der Waals surface area contributed by atoms with Crippen molar-refractivity contribution >= 4 is 22.4 Å². The van der Waals surface area contributed by atoms with Gasteiger partial charge >= 0.3 is 10.0 Å². The second kappa shape index (κ2) is 3.02. The van der Waals surface area contributed by atoms with E-state index in [0.717, 1.165) is 0 Å². The first-order valence-electron chi connectivity index (χ1n) is 2.67. The molecule has 0 aliphatic carbocycles. The van der Waals surface area contributed by atoms with Gasteiger partial charge in [-0.2, -0.15) is 8.42 Å². The van der Waals surface area contributed by atoms with E-state index in [9.17, 15) is 8.42 Å². The molecule has 0 saturated carbocycles. The van der Waals surface area contributed by atoms with E-state index in [-0.39, 0.29) is 5.03 Å². The monoisotopic (exact) mass is 188 g/mol. The fraction of sp³-hybridized carbons (Fsp3) is 0. The highest BCUT2D eigenvalue weighted by Crippen LogP contribution is 2.05. The van der Waals surface area contributed by atoms with E-state index < -0.39 is 10.0 Å². The number of aromatic nitrogens is 1. The van der Waals surface area contributed by atoms with E-state index in [1.54, 1.807) is 12.1 Å². The van der Waals surface area contributed by atoms with Crippen LogP contribution in [-0.4, -0.2) is 13.4 Å². The summed E-state index contributed by atoms with van der Waals surface area (Å²) in [4.78, 5) is 3.57. The van der Waals surface area contributed by atoms with Gasteiger partial charge in [-0.3, -0.25) is 0 Å². The fourth-order valence-corrected chi connectivity index (χ4v) is 1.29. The van der Waals surface area contributed by atoms with Crippen molar-refractivity contribution in [3.63, 3.8) is 0 Å². The van der Waals surface area contributed by atoms with E-state index >= 15 is 0 Å². The zero-order valence-electron chi connectivity index (χ0n) is 5.34. The summed E-state index contributed by atoms with van der Waals surface area (Å²) in [7, 11) is -3.67.